The summed E-state index contributed by atoms with van der Waals surface area (Å²) in [6, 6.07) is 30.0. The largest absolute Gasteiger partial charge is 0.287 e. The minimum Gasteiger partial charge on any atom is -0.287 e. The zero-order chi connectivity index (χ0) is 21.3. The van der Waals surface area contributed by atoms with Gasteiger partial charge in [-0.1, -0.05) is 95.9 Å². The van der Waals surface area contributed by atoms with Gasteiger partial charge in [0.15, 0.2) is 11.4 Å². The third-order valence-corrected chi connectivity index (χ3v) is 8.62. The third-order valence-electron chi connectivity index (χ3n) is 5.06. The highest BCUT2D eigenvalue weighted by Gasteiger charge is 2.30. The number of aromatic nitrogens is 3. The molecule has 0 spiro atoms. The van der Waals surface area contributed by atoms with Crippen LogP contribution < -0.4 is 15.9 Å². The van der Waals surface area contributed by atoms with E-state index in [1.165, 1.54) is 12.2 Å². The summed E-state index contributed by atoms with van der Waals surface area (Å²) in [5.41, 5.74) is 0.0621. The Kier molecular flexibility index (Phi) is 4.77. The maximum absolute atomic E-state index is 12.2. The van der Waals surface area contributed by atoms with Crippen LogP contribution in [0.15, 0.2) is 108 Å². The molecule has 5 rings (SSSR count). The molecule has 6 nitrogen and oxygen atoms in total. The molecule has 0 aliphatic heterocycles. The van der Waals surface area contributed by atoms with Crippen LogP contribution in [0.2, 0.25) is 0 Å². The van der Waals surface area contributed by atoms with Crippen LogP contribution in [0.4, 0.5) is 0 Å². The molecule has 0 N–H and O–H groups in total. The molecule has 1 aliphatic carbocycles. The van der Waals surface area contributed by atoms with Crippen molar-refractivity contribution in [1.82, 2.24) is 15.1 Å². The fourth-order valence-corrected chi connectivity index (χ4v) is 6.97. The lowest BCUT2D eigenvalue weighted by atomic mass is 10.1. The predicted molar refractivity (Wildman–Crippen MR) is 121 cm³/mol. The van der Waals surface area contributed by atoms with Crippen LogP contribution in [0.5, 0.6) is 0 Å². The van der Waals surface area contributed by atoms with E-state index in [1.54, 1.807) is 0 Å². The van der Waals surface area contributed by atoms with E-state index in [2.05, 4.69) is 10.2 Å². The van der Waals surface area contributed by atoms with Crippen LogP contribution in [-0.4, -0.2) is 26.7 Å². The minimum atomic E-state index is -2.60. The van der Waals surface area contributed by atoms with Crippen molar-refractivity contribution in [2.45, 2.75) is 0 Å². The number of hydrogen-bond acceptors (Lipinski definition) is 5. The molecule has 7 heteroatoms. The van der Waals surface area contributed by atoms with E-state index in [0.717, 1.165) is 20.8 Å². The second kappa shape index (κ2) is 7.74. The number of fused-ring (bicyclic) bond motifs is 1. The van der Waals surface area contributed by atoms with Gasteiger partial charge in [-0.25, -0.2) is 0 Å². The third kappa shape index (κ3) is 3.27. The van der Waals surface area contributed by atoms with Crippen LogP contribution in [0.3, 0.4) is 0 Å². The number of carbonyl (C=O) groups excluding carboxylic acids is 2. The van der Waals surface area contributed by atoms with Gasteiger partial charge in [0.2, 0.25) is 11.6 Å². The number of ketones is 2. The zero-order valence-electron chi connectivity index (χ0n) is 16.4. The van der Waals surface area contributed by atoms with E-state index < -0.39 is 7.05 Å². The molecule has 0 atom stereocenters. The molecular formula is C24H17N4O2P. The first-order chi connectivity index (χ1) is 15.2. The minimum absolute atomic E-state index is 0.0311. The number of nitrogens with zero attached hydrogens (tertiary/aromatic N) is 4. The van der Waals surface area contributed by atoms with E-state index in [-0.39, 0.29) is 23.0 Å². The van der Waals surface area contributed by atoms with Crippen molar-refractivity contribution < 1.29 is 9.59 Å². The summed E-state index contributed by atoms with van der Waals surface area (Å²) in [7, 11) is -2.60. The Bertz CT molecular complexity index is 1220. The molecule has 0 unspecified atom stereocenters. The number of allylic oxidation sites excluding steroid dienone is 2. The SMILES string of the molecule is O=C1C=CC(=O)c2nn(N=P(c3ccccc3)(c3ccccc3)c3ccccc3)nc21. The van der Waals surface area contributed by atoms with Gasteiger partial charge in [0.1, 0.15) is 0 Å². The molecule has 0 saturated carbocycles. The topological polar surface area (TPSA) is 77.2 Å². The monoisotopic (exact) mass is 424 g/mol. The van der Waals surface area contributed by atoms with Gasteiger partial charge < -0.3 is 0 Å². The maximum atomic E-state index is 12.2. The summed E-state index contributed by atoms with van der Waals surface area (Å²) in [6.45, 7) is 0. The quantitative estimate of drug-likeness (QED) is 0.472. The lowest BCUT2D eigenvalue weighted by Crippen LogP contribution is -2.26. The molecule has 0 radical (unpaired) electrons. The van der Waals surface area contributed by atoms with Gasteiger partial charge >= 0.3 is 0 Å². The Morgan fingerprint density at radius 2 is 0.935 bits per heavy atom. The van der Waals surface area contributed by atoms with Crippen LogP contribution >= 0.6 is 7.05 Å². The van der Waals surface area contributed by atoms with Crippen molar-refractivity contribution >= 4 is 34.5 Å². The predicted octanol–water partition coefficient (Wildman–Crippen LogP) is 3.15. The highest BCUT2D eigenvalue weighted by molar-refractivity contribution is 7.87. The van der Waals surface area contributed by atoms with Gasteiger partial charge in [0.25, 0.3) is 0 Å². The molecule has 150 valence electrons. The van der Waals surface area contributed by atoms with Gasteiger partial charge in [-0.3, -0.25) is 9.59 Å². The van der Waals surface area contributed by atoms with Gasteiger partial charge in [-0.2, -0.15) is 0 Å². The average Bonchev–Trinajstić information content (AvgIpc) is 3.27. The molecular weight excluding hydrogens is 407 g/mol. The normalized spacial score (nSPS) is 13.2. The summed E-state index contributed by atoms with van der Waals surface area (Å²) in [5.74, 6) is -0.696. The van der Waals surface area contributed by atoms with Crippen molar-refractivity contribution in [3.8, 4) is 0 Å². The van der Waals surface area contributed by atoms with Crippen molar-refractivity contribution in [3.63, 3.8) is 0 Å². The van der Waals surface area contributed by atoms with Gasteiger partial charge in [-0.05, 0) is 12.2 Å². The first kappa shape index (κ1) is 19.1. The summed E-state index contributed by atoms with van der Waals surface area (Å²) in [6.07, 6.45) is 2.44. The van der Waals surface area contributed by atoms with Crippen LogP contribution in [0.25, 0.3) is 0 Å². The summed E-state index contributed by atoms with van der Waals surface area (Å²) in [5, 5.41) is 11.6. The van der Waals surface area contributed by atoms with E-state index in [0.29, 0.717) is 0 Å². The lowest BCUT2D eigenvalue weighted by Gasteiger charge is -2.25. The maximum Gasteiger partial charge on any atom is 0.208 e. The van der Waals surface area contributed by atoms with Crippen molar-refractivity contribution in [3.05, 3.63) is 115 Å². The smallest absolute Gasteiger partial charge is 0.208 e. The van der Waals surface area contributed by atoms with E-state index in [1.807, 2.05) is 91.0 Å². The molecule has 1 aromatic heterocycles. The molecule has 3 aromatic carbocycles. The van der Waals surface area contributed by atoms with Crippen molar-refractivity contribution in [2.24, 2.45) is 4.85 Å². The lowest BCUT2D eigenvalue weighted by molar-refractivity contribution is 0.0989. The van der Waals surface area contributed by atoms with Crippen molar-refractivity contribution in [1.29, 1.82) is 0 Å². The Morgan fingerprint density at radius 1 is 0.581 bits per heavy atom. The number of benzene rings is 3. The Morgan fingerprint density at radius 3 is 1.29 bits per heavy atom. The first-order valence-corrected chi connectivity index (χ1v) is 11.5. The van der Waals surface area contributed by atoms with Crippen LogP contribution in [-0.2, 0) is 0 Å². The number of carbonyl (C=O) groups is 2. The Balaban J connectivity index is 1.86. The molecule has 31 heavy (non-hydrogen) atoms. The fraction of sp³-hybridized carbons (Fsp3) is 0. The average molecular weight is 424 g/mol. The van der Waals surface area contributed by atoms with Crippen LogP contribution in [0, 0.1) is 0 Å². The van der Waals surface area contributed by atoms with Crippen LogP contribution in [0.1, 0.15) is 21.0 Å². The first-order valence-electron chi connectivity index (χ1n) is 9.72. The number of hydrogen-bond donors (Lipinski definition) is 0. The molecule has 0 bridgehead atoms. The Hall–Kier alpha value is -3.89. The molecule has 4 aromatic rings. The molecule has 1 heterocycles. The second-order valence-corrected chi connectivity index (χ2v) is 9.96. The summed E-state index contributed by atoms with van der Waals surface area (Å²) in [4.78, 5) is 30.7. The van der Waals surface area contributed by atoms with Gasteiger partial charge in [-0.15, -0.1) is 15.1 Å². The molecule has 1 aliphatic rings. The molecule has 0 amide bonds. The fourth-order valence-electron chi connectivity index (χ4n) is 3.63. The van der Waals surface area contributed by atoms with E-state index in [9.17, 15) is 9.59 Å². The summed E-state index contributed by atoms with van der Waals surface area (Å²) >= 11 is 0. The van der Waals surface area contributed by atoms with Gasteiger partial charge in [0, 0.05) is 15.9 Å². The zero-order valence-corrected chi connectivity index (χ0v) is 17.3. The summed E-state index contributed by atoms with van der Waals surface area (Å²) < 4.78 is 0. The van der Waals surface area contributed by atoms with Gasteiger partial charge in [0.05, 0.1) is 7.05 Å². The molecule has 0 saturated heterocycles. The molecule has 0 fully saturated rings. The van der Waals surface area contributed by atoms with Crippen molar-refractivity contribution in [2.75, 3.05) is 0 Å². The second-order valence-electron chi connectivity index (χ2n) is 6.96. The van der Waals surface area contributed by atoms with E-state index >= 15 is 0 Å². The number of rotatable bonds is 4. The van der Waals surface area contributed by atoms with E-state index in [4.69, 9.17) is 4.85 Å². The Labute approximate surface area is 178 Å². The standard InChI is InChI=1S/C24H17N4O2P/c29-21-16-17-22(30)24-23(21)25-28(26-24)27-31(18-10-4-1-5-11-18,19-12-6-2-7-13-19)20-14-8-3-9-15-20/h1-17H. The highest BCUT2D eigenvalue weighted by Crippen LogP contribution is 2.46. The highest BCUT2D eigenvalue weighted by atomic mass is 31.2.